The van der Waals surface area contributed by atoms with Crippen molar-refractivity contribution >= 4 is 17.4 Å². The molecule has 0 bridgehead atoms. The fourth-order valence-corrected chi connectivity index (χ4v) is 0.300. The van der Waals surface area contributed by atoms with Crippen molar-refractivity contribution in [1.82, 2.24) is 5.01 Å². The van der Waals surface area contributed by atoms with E-state index in [-0.39, 0.29) is 5.17 Å². The Morgan fingerprint density at radius 1 is 2.00 bits per heavy atom. The molecular weight excluding hydrogens is 136 g/mol. The molecule has 0 aromatic heterocycles. The van der Waals surface area contributed by atoms with Crippen molar-refractivity contribution < 1.29 is 4.74 Å². The molecule has 0 amide bonds. The lowest BCUT2D eigenvalue weighted by Crippen LogP contribution is -2.33. The molecule has 3 nitrogen and oxygen atoms in total. The van der Waals surface area contributed by atoms with Crippen LogP contribution in [0, 0.1) is 0 Å². The van der Waals surface area contributed by atoms with Crippen LogP contribution in [0.1, 0.15) is 0 Å². The van der Waals surface area contributed by atoms with E-state index in [4.69, 9.17) is 10.6 Å². The zero-order valence-electron chi connectivity index (χ0n) is 5.33. The monoisotopic (exact) mass is 146 g/mol. The lowest BCUT2D eigenvalue weighted by atomic mass is 10.7. The lowest BCUT2D eigenvalue weighted by Gasteiger charge is -2.11. The number of ether oxygens (including phenoxy) is 1. The molecule has 0 aliphatic carbocycles. The van der Waals surface area contributed by atoms with Gasteiger partial charge in [-0.1, -0.05) is 12.7 Å². The fourth-order valence-electron chi connectivity index (χ4n) is 0.232. The van der Waals surface area contributed by atoms with Gasteiger partial charge in [0.15, 0.2) is 0 Å². The van der Waals surface area contributed by atoms with Crippen molar-refractivity contribution in [3.63, 3.8) is 0 Å². The van der Waals surface area contributed by atoms with Crippen LogP contribution in [-0.2, 0) is 4.74 Å². The molecule has 0 saturated carbocycles. The van der Waals surface area contributed by atoms with Crippen LogP contribution >= 0.6 is 12.2 Å². The molecule has 0 aromatic rings. The minimum atomic E-state index is 0.273. The van der Waals surface area contributed by atoms with Gasteiger partial charge >= 0.3 is 0 Å². The molecule has 9 heavy (non-hydrogen) atoms. The third-order valence-corrected chi connectivity index (χ3v) is 1.02. The Morgan fingerprint density at radius 2 is 2.56 bits per heavy atom. The molecule has 0 radical (unpaired) electrons. The number of hydrazine groups is 1. The normalized spacial score (nSPS) is 8.22. The minimum absolute atomic E-state index is 0.273. The predicted molar refractivity (Wildman–Crippen MR) is 40.7 cm³/mol. The van der Waals surface area contributed by atoms with Gasteiger partial charge in [-0.25, -0.2) is 5.84 Å². The Hall–Kier alpha value is -0.610. The first-order valence-corrected chi connectivity index (χ1v) is 2.85. The Balaban J connectivity index is 3.38. The second kappa shape index (κ2) is 4.29. The first-order chi connectivity index (χ1) is 4.18. The first kappa shape index (κ1) is 8.39. The summed E-state index contributed by atoms with van der Waals surface area (Å²) >= 11 is 4.67. The molecule has 0 unspecified atom stereocenters. The highest BCUT2D eigenvalue weighted by Crippen LogP contribution is 1.82. The molecule has 0 spiro atoms. The van der Waals surface area contributed by atoms with Crippen LogP contribution in [0.4, 0.5) is 0 Å². The van der Waals surface area contributed by atoms with E-state index >= 15 is 0 Å². The lowest BCUT2D eigenvalue weighted by molar-refractivity contribution is 0.292. The molecule has 0 aromatic carbocycles. The van der Waals surface area contributed by atoms with Crippen LogP contribution in [-0.4, -0.2) is 23.8 Å². The summed E-state index contributed by atoms with van der Waals surface area (Å²) in [5.41, 5.74) is 0. The van der Waals surface area contributed by atoms with Gasteiger partial charge in [-0.2, -0.15) is 0 Å². The number of nitrogens with zero attached hydrogens (tertiary/aromatic N) is 1. The summed E-state index contributed by atoms with van der Waals surface area (Å²) in [5.74, 6) is 5.21. The van der Waals surface area contributed by atoms with Gasteiger partial charge in [-0.15, -0.1) is 0 Å². The van der Waals surface area contributed by atoms with E-state index in [1.807, 2.05) is 0 Å². The van der Waals surface area contributed by atoms with Crippen molar-refractivity contribution in [2.24, 2.45) is 5.84 Å². The molecule has 0 rings (SSSR count). The average molecular weight is 146 g/mol. The molecule has 2 N–H and O–H groups in total. The van der Waals surface area contributed by atoms with E-state index in [0.29, 0.717) is 6.61 Å². The van der Waals surface area contributed by atoms with Gasteiger partial charge in [-0.05, 0) is 12.2 Å². The van der Waals surface area contributed by atoms with Gasteiger partial charge in [0.25, 0.3) is 5.17 Å². The maximum absolute atomic E-state index is 5.21. The number of nitrogens with two attached hydrogens (primary N) is 1. The van der Waals surface area contributed by atoms with Crippen molar-refractivity contribution in [2.45, 2.75) is 0 Å². The molecular formula is C5H10N2OS. The molecule has 0 fully saturated rings. The van der Waals surface area contributed by atoms with Crippen LogP contribution in [0.3, 0.4) is 0 Å². The van der Waals surface area contributed by atoms with Crippen molar-refractivity contribution in [2.75, 3.05) is 13.7 Å². The summed E-state index contributed by atoms with van der Waals surface area (Å²) in [6.45, 7) is 3.85. The Labute approximate surface area is 60.1 Å². The molecule has 4 heteroatoms. The van der Waals surface area contributed by atoms with Crippen molar-refractivity contribution in [3.8, 4) is 0 Å². The SMILES string of the molecule is C=CCOC(=S)N(C)N. The topological polar surface area (TPSA) is 38.5 Å². The van der Waals surface area contributed by atoms with E-state index in [2.05, 4.69) is 18.8 Å². The summed E-state index contributed by atoms with van der Waals surface area (Å²) < 4.78 is 4.87. The number of thiocarbonyl (C=S) groups is 1. The smallest absolute Gasteiger partial charge is 0.273 e. The third kappa shape index (κ3) is 3.93. The first-order valence-electron chi connectivity index (χ1n) is 2.44. The number of hydrogen-bond donors (Lipinski definition) is 1. The quantitative estimate of drug-likeness (QED) is 0.263. The zero-order chi connectivity index (χ0) is 7.28. The van der Waals surface area contributed by atoms with Gasteiger partial charge in [-0.3, -0.25) is 5.01 Å². The van der Waals surface area contributed by atoms with E-state index in [0.717, 1.165) is 0 Å². The maximum Gasteiger partial charge on any atom is 0.273 e. The highest BCUT2D eigenvalue weighted by Gasteiger charge is 1.95. The molecule has 0 atom stereocenters. The van der Waals surface area contributed by atoms with Gasteiger partial charge in [0.1, 0.15) is 6.61 Å². The van der Waals surface area contributed by atoms with Gasteiger partial charge < -0.3 is 4.74 Å². The van der Waals surface area contributed by atoms with Crippen LogP contribution in [0.5, 0.6) is 0 Å². The fraction of sp³-hybridized carbons (Fsp3) is 0.400. The average Bonchev–Trinajstić information content (AvgIpc) is 1.82. The Bertz CT molecular complexity index is 114. The minimum Gasteiger partial charge on any atom is -0.466 e. The molecule has 0 aliphatic heterocycles. The highest BCUT2D eigenvalue weighted by molar-refractivity contribution is 7.79. The second-order valence-corrected chi connectivity index (χ2v) is 1.83. The molecule has 52 valence electrons. The zero-order valence-corrected chi connectivity index (χ0v) is 6.15. The third-order valence-electron chi connectivity index (χ3n) is 0.613. The molecule has 0 saturated heterocycles. The highest BCUT2D eigenvalue weighted by atomic mass is 32.1. The predicted octanol–water partition coefficient (Wildman–Crippen LogP) is 0.279. The Kier molecular flexibility index (Phi) is 4.00. The number of hydrogen-bond acceptors (Lipinski definition) is 3. The molecule has 0 aliphatic rings. The van der Waals surface area contributed by atoms with Gasteiger partial charge in [0, 0.05) is 7.05 Å². The number of rotatable bonds is 2. The standard InChI is InChI=1S/C5H10N2OS/c1-3-4-8-5(9)7(2)6/h3H,1,4,6H2,2H3. The summed E-state index contributed by atoms with van der Waals surface area (Å²) in [6, 6.07) is 0. The van der Waals surface area contributed by atoms with E-state index in [9.17, 15) is 0 Å². The van der Waals surface area contributed by atoms with Crippen LogP contribution in [0.15, 0.2) is 12.7 Å². The van der Waals surface area contributed by atoms with E-state index in [1.165, 1.54) is 5.01 Å². The van der Waals surface area contributed by atoms with Gasteiger partial charge in [0.05, 0.1) is 0 Å². The largest absolute Gasteiger partial charge is 0.466 e. The van der Waals surface area contributed by atoms with Crippen molar-refractivity contribution in [3.05, 3.63) is 12.7 Å². The van der Waals surface area contributed by atoms with Crippen molar-refractivity contribution in [1.29, 1.82) is 0 Å². The van der Waals surface area contributed by atoms with E-state index < -0.39 is 0 Å². The summed E-state index contributed by atoms with van der Waals surface area (Å²) in [5, 5.41) is 1.51. The Morgan fingerprint density at radius 3 is 2.89 bits per heavy atom. The van der Waals surface area contributed by atoms with E-state index in [1.54, 1.807) is 13.1 Å². The summed E-state index contributed by atoms with van der Waals surface area (Å²) in [7, 11) is 1.62. The van der Waals surface area contributed by atoms with Crippen LogP contribution in [0.2, 0.25) is 0 Å². The van der Waals surface area contributed by atoms with Gasteiger partial charge in [0.2, 0.25) is 0 Å². The molecule has 0 heterocycles. The summed E-state index contributed by atoms with van der Waals surface area (Å²) in [4.78, 5) is 0. The van der Waals surface area contributed by atoms with Crippen LogP contribution < -0.4 is 5.84 Å². The second-order valence-electron chi connectivity index (χ2n) is 1.48. The maximum atomic E-state index is 5.21. The van der Waals surface area contributed by atoms with Crippen LogP contribution in [0.25, 0.3) is 0 Å². The summed E-state index contributed by atoms with van der Waals surface area (Å²) in [6.07, 6.45) is 1.61.